The molecule has 1 saturated carbocycles. The molecule has 0 saturated heterocycles. The molecule has 102 valence electrons. The van der Waals surface area contributed by atoms with Gasteiger partial charge in [0.15, 0.2) is 0 Å². The molecule has 0 bridgehead atoms. The first-order valence-corrected chi connectivity index (χ1v) is 6.93. The van der Waals surface area contributed by atoms with Gasteiger partial charge in [-0.15, -0.1) is 0 Å². The number of amides is 1. The van der Waals surface area contributed by atoms with Crippen LogP contribution in [0.2, 0.25) is 0 Å². The van der Waals surface area contributed by atoms with E-state index < -0.39 is 0 Å². The Morgan fingerprint density at radius 3 is 2.47 bits per heavy atom. The predicted molar refractivity (Wildman–Crippen MR) is 79.5 cm³/mol. The number of anilines is 1. The summed E-state index contributed by atoms with van der Waals surface area (Å²) in [5, 5.41) is 3.13. The van der Waals surface area contributed by atoms with Crippen LogP contribution in [0.3, 0.4) is 0 Å². The van der Waals surface area contributed by atoms with E-state index in [0.717, 1.165) is 24.1 Å². The van der Waals surface area contributed by atoms with E-state index in [2.05, 4.69) is 12.2 Å². The van der Waals surface area contributed by atoms with Gasteiger partial charge in [-0.1, -0.05) is 31.4 Å². The van der Waals surface area contributed by atoms with Gasteiger partial charge in [-0.2, -0.15) is 0 Å². The average Bonchev–Trinajstić information content (AvgIpc) is 2.38. The highest BCUT2D eigenvalue weighted by Gasteiger charge is 2.27. The smallest absolute Gasteiger partial charge is 0.244 e. The Morgan fingerprint density at radius 2 is 1.84 bits per heavy atom. The van der Waals surface area contributed by atoms with Gasteiger partial charge in [0.1, 0.15) is 0 Å². The summed E-state index contributed by atoms with van der Waals surface area (Å²) < 4.78 is 0. The third-order valence-electron chi connectivity index (χ3n) is 3.75. The van der Waals surface area contributed by atoms with E-state index in [-0.39, 0.29) is 11.4 Å². The summed E-state index contributed by atoms with van der Waals surface area (Å²) in [5.41, 5.74) is 7.31. The molecular weight excluding hydrogens is 236 g/mol. The minimum atomic E-state index is -0.0270. The van der Waals surface area contributed by atoms with Crippen molar-refractivity contribution in [2.75, 3.05) is 5.73 Å². The summed E-state index contributed by atoms with van der Waals surface area (Å²) >= 11 is 0. The Kier molecular flexibility index (Phi) is 4.25. The van der Waals surface area contributed by atoms with E-state index in [4.69, 9.17) is 5.73 Å². The molecule has 3 heteroatoms. The van der Waals surface area contributed by atoms with Crippen molar-refractivity contribution in [2.24, 2.45) is 0 Å². The standard InChI is InChI=1S/C16H22N2O/c1-16(11-3-2-4-12-16)18-15(19)10-7-13-5-8-14(17)9-6-13/h5-10H,2-4,11-12,17H2,1H3,(H,18,19)/b10-7+. The number of carbonyl (C=O) groups is 1. The first kappa shape index (κ1) is 13.7. The zero-order chi connectivity index (χ0) is 13.7. The van der Waals surface area contributed by atoms with Crippen molar-refractivity contribution in [1.82, 2.24) is 5.32 Å². The number of rotatable bonds is 3. The van der Waals surface area contributed by atoms with Gasteiger partial charge in [0.2, 0.25) is 5.91 Å². The van der Waals surface area contributed by atoms with Crippen molar-refractivity contribution in [3.05, 3.63) is 35.9 Å². The zero-order valence-corrected chi connectivity index (χ0v) is 11.5. The fourth-order valence-corrected chi connectivity index (χ4v) is 2.58. The van der Waals surface area contributed by atoms with Crippen molar-refractivity contribution >= 4 is 17.7 Å². The molecule has 1 aliphatic carbocycles. The number of carbonyl (C=O) groups excluding carboxylic acids is 1. The van der Waals surface area contributed by atoms with Crippen molar-refractivity contribution in [2.45, 2.75) is 44.6 Å². The largest absolute Gasteiger partial charge is 0.399 e. The molecule has 0 aliphatic heterocycles. The molecule has 2 rings (SSSR count). The maximum absolute atomic E-state index is 11.9. The second-order valence-corrected chi connectivity index (χ2v) is 5.61. The van der Waals surface area contributed by atoms with Crippen LogP contribution in [0.4, 0.5) is 5.69 Å². The van der Waals surface area contributed by atoms with Crippen molar-refractivity contribution < 1.29 is 4.79 Å². The molecule has 3 N–H and O–H groups in total. The number of nitrogens with one attached hydrogen (secondary N) is 1. The van der Waals surface area contributed by atoms with Gasteiger partial charge in [0, 0.05) is 17.3 Å². The molecule has 1 aromatic carbocycles. The topological polar surface area (TPSA) is 55.1 Å². The molecular formula is C16H22N2O. The zero-order valence-electron chi connectivity index (χ0n) is 11.5. The van der Waals surface area contributed by atoms with E-state index in [1.807, 2.05) is 30.3 Å². The fourth-order valence-electron chi connectivity index (χ4n) is 2.58. The summed E-state index contributed by atoms with van der Waals surface area (Å²) in [7, 11) is 0. The number of benzene rings is 1. The summed E-state index contributed by atoms with van der Waals surface area (Å²) in [4.78, 5) is 11.9. The molecule has 3 nitrogen and oxygen atoms in total. The Bertz CT molecular complexity index is 456. The first-order chi connectivity index (χ1) is 9.07. The highest BCUT2D eigenvalue weighted by molar-refractivity contribution is 5.92. The normalized spacial score (nSPS) is 18.4. The van der Waals surface area contributed by atoms with Crippen molar-refractivity contribution in [1.29, 1.82) is 0 Å². The minimum absolute atomic E-state index is 0.0128. The molecule has 0 heterocycles. The van der Waals surface area contributed by atoms with E-state index in [9.17, 15) is 4.79 Å². The molecule has 1 aliphatic rings. The Morgan fingerprint density at radius 1 is 1.21 bits per heavy atom. The number of nitrogen functional groups attached to an aromatic ring is 1. The lowest BCUT2D eigenvalue weighted by Crippen LogP contribution is -2.46. The quantitative estimate of drug-likeness (QED) is 0.646. The van der Waals surface area contributed by atoms with E-state index in [1.165, 1.54) is 19.3 Å². The summed E-state index contributed by atoms with van der Waals surface area (Å²) in [6.45, 7) is 2.14. The molecule has 1 aromatic rings. The second kappa shape index (κ2) is 5.91. The number of hydrogen-bond donors (Lipinski definition) is 2. The fraction of sp³-hybridized carbons (Fsp3) is 0.438. The van der Waals surface area contributed by atoms with Crippen LogP contribution in [-0.4, -0.2) is 11.4 Å². The van der Waals surface area contributed by atoms with Crippen LogP contribution in [0.5, 0.6) is 0 Å². The average molecular weight is 258 g/mol. The Hall–Kier alpha value is -1.77. The van der Waals surface area contributed by atoms with Crippen LogP contribution in [0.25, 0.3) is 6.08 Å². The lowest BCUT2D eigenvalue weighted by molar-refractivity contribution is -0.118. The van der Waals surface area contributed by atoms with E-state index in [1.54, 1.807) is 6.08 Å². The van der Waals surface area contributed by atoms with Crippen LogP contribution in [0, 0.1) is 0 Å². The molecule has 0 atom stereocenters. The van der Waals surface area contributed by atoms with Crippen LogP contribution >= 0.6 is 0 Å². The molecule has 0 spiro atoms. The maximum atomic E-state index is 11.9. The summed E-state index contributed by atoms with van der Waals surface area (Å²) in [6.07, 6.45) is 9.28. The molecule has 1 amide bonds. The Labute approximate surface area is 114 Å². The van der Waals surface area contributed by atoms with Gasteiger partial charge in [-0.05, 0) is 43.5 Å². The molecule has 0 unspecified atom stereocenters. The maximum Gasteiger partial charge on any atom is 0.244 e. The van der Waals surface area contributed by atoms with Crippen molar-refractivity contribution in [3.8, 4) is 0 Å². The van der Waals surface area contributed by atoms with Gasteiger partial charge in [-0.3, -0.25) is 4.79 Å². The SMILES string of the molecule is CC1(NC(=O)/C=C/c2ccc(N)cc2)CCCCC1. The van der Waals surface area contributed by atoms with Gasteiger partial charge >= 0.3 is 0 Å². The van der Waals surface area contributed by atoms with Gasteiger partial charge in [0.05, 0.1) is 0 Å². The van der Waals surface area contributed by atoms with E-state index in [0.29, 0.717) is 0 Å². The van der Waals surface area contributed by atoms with Crippen molar-refractivity contribution in [3.63, 3.8) is 0 Å². The molecule has 19 heavy (non-hydrogen) atoms. The third-order valence-corrected chi connectivity index (χ3v) is 3.75. The molecule has 0 aromatic heterocycles. The van der Waals surface area contributed by atoms with Crippen LogP contribution in [-0.2, 0) is 4.79 Å². The predicted octanol–water partition coefficient (Wildman–Crippen LogP) is 3.12. The highest BCUT2D eigenvalue weighted by Crippen LogP contribution is 2.27. The lowest BCUT2D eigenvalue weighted by Gasteiger charge is -2.34. The van der Waals surface area contributed by atoms with Gasteiger partial charge < -0.3 is 11.1 Å². The highest BCUT2D eigenvalue weighted by atomic mass is 16.1. The molecule has 0 radical (unpaired) electrons. The number of hydrogen-bond acceptors (Lipinski definition) is 2. The van der Waals surface area contributed by atoms with Crippen LogP contribution < -0.4 is 11.1 Å². The third kappa shape index (κ3) is 4.12. The summed E-state index contributed by atoms with van der Waals surface area (Å²) in [6, 6.07) is 7.48. The van der Waals surface area contributed by atoms with Gasteiger partial charge in [0.25, 0.3) is 0 Å². The molecule has 1 fully saturated rings. The van der Waals surface area contributed by atoms with E-state index >= 15 is 0 Å². The minimum Gasteiger partial charge on any atom is -0.399 e. The Balaban J connectivity index is 1.91. The van der Waals surface area contributed by atoms with Crippen LogP contribution in [0.15, 0.2) is 30.3 Å². The number of nitrogens with two attached hydrogens (primary N) is 1. The lowest BCUT2D eigenvalue weighted by atomic mass is 9.83. The first-order valence-electron chi connectivity index (χ1n) is 6.93. The monoisotopic (exact) mass is 258 g/mol. The van der Waals surface area contributed by atoms with Crippen LogP contribution in [0.1, 0.15) is 44.6 Å². The van der Waals surface area contributed by atoms with Gasteiger partial charge in [-0.25, -0.2) is 0 Å². The second-order valence-electron chi connectivity index (χ2n) is 5.61. The summed E-state index contributed by atoms with van der Waals surface area (Å²) in [5.74, 6) is -0.0128.